The number of hydrogen-bond acceptors (Lipinski definition) is 4. The molecule has 6 nitrogen and oxygen atoms in total. The highest BCUT2D eigenvalue weighted by Gasteiger charge is 2.33. The molecule has 1 aliphatic rings. The van der Waals surface area contributed by atoms with Gasteiger partial charge in [0, 0.05) is 12.1 Å². The maximum atomic E-state index is 12.2. The molecule has 1 saturated heterocycles. The number of ether oxygens (including phenoxy) is 1. The number of carboxylic acid groups (broad SMARTS) is 1. The third-order valence-corrected chi connectivity index (χ3v) is 2.59. The van der Waals surface area contributed by atoms with Gasteiger partial charge in [0.1, 0.15) is 12.6 Å². The number of hydrogen-bond donors (Lipinski definition) is 2. The van der Waals surface area contributed by atoms with Gasteiger partial charge in [0.15, 0.2) is 0 Å². The molecule has 0 spiro atoms. The minimum Gasteiger partial charge on any atom is -0.480 e. The number of aliphatic carboxylic acids is 1. The zero-order valence-corrected chi connectivity index (χ0v) is 10.5. The molecule has 1 amide bonds. The van der Waals surface area contributed by atoms with Crippen molar-refractivity contribution >= 4 is 11.9 Å². The van der Waals surface area contributed by atoms with Crippen LogP contribution < -0.4 is 5.32 Å². The van der Waals surface area contributed by atoms with E-state index in [0.29, 0.717) is 19.8 Å². The Bertz CT molecular complexity index is 292. The Morgan fingerprint density at radius 3 is 2.53 bits per heavy atom. The van der Waals surface area contributed by atoms with Crippen LogP contribution in [0.2, 0.25) is 0 Å². The summed E-state index contributed by atoms with van der Waals surface area (Å²) in [5.74, 6) is -1.23. The van der Waals surface area contributed by atoms with E-state index in [4.69, 9.17) is 9.84 Å². The van der Waals surface area contributed by atoms with E-state index in [9.17, 15) is 9.59 Å². The van der Waals surface area contributed by atoms with E-state index in [2.05, 4.69) is 5.32 Å². The molecule has 6 heteroatoms. The Kier molecular flexibility index (Phi) is 4.47. The molecule has 1 aliphatic heterocycles. The number of amides is 1. The number of nitrogens with zero attached hydrogens (tertiary/aromatic N) is 1. The van der Waals surface area contributed by atoms with E-state index < -0.39 is 17.6 Å². The molecule has 1 rings (SSSR count). The normalized spacial score (nSPS) is 21.0. The van der Waals surface area contributed by atoms with Crippen molar-refractivity contribution in [3.8, 4) is 0 Å². The first-order valence-corrected chi connectivity index (χ1v) is 5.67. The molecule has 17 heavy (non-hydrogen) atoms. The standard InChI is InChI=1S/C11H20N2O4/c1-11(2,3)13(6-9(14)15)10(16)8-7-17-5-4-12-8/h8,12H,4-7H2,1-3H3,(H,14,15). The molecule has 98 valence electrons. The van der Waals surface area contributed by atoms with Crippen molar-refractivity contribution in [1.82, 2.24) is 10.2 Å². The van der Waals surface area contributed by atoms with Gasteiger partial charge < -0.3 is 20.1 Å². The zero-order valence-electron chi connectivity index (χ0n) is 10.5. The SMILES string of the molecule is CC(C)(C)N(CC(=O)O)C(=O)C1COCCN1. The molecular formula is C11H20N2O4. The first-order chi connectivity index (χ1) is 7.82. The summed E-state index contributed by atoms with van der Waals surface area (Å²) in [6.45, 7) is 6.65. The molecule has 0 aromatic heterocycles. The van der Waals surface area contributed by atoms with Crippen LogP contribution in [0.4, 0.5) is 0 Å². The molecule has 1 unspecified atom stereocenters. The maximum absolute atomic E-state index is 12.2. The van der Waals surface area contributed by atoms with Crippen molar-refractivity contribution in [2.75, 3.05) is 26.3 Å². The first kappa shape index (κ1) is 13.9. The smallest absolute Gasteiger partial charge is 0.323 e. The van der Waals surface area contributed by atoms with E-state index in [1.165, 1.54) is 4.90 Å². The predicted octanol–water partition coefficient (Wildman–Crippen LogP) is -0.313. The summed E-state index contributed by atoms with van der Waals surface area (Å²) >= 11 is 0. The third-order valence-electron chi connectivity index (χ3n) is 2.59. The van der Waals surface area contributed by atoms with Gasteiger partial charge in [-0.3, -0.25) is 9.59 Å². The second-order valence-electron chi connectivity index (χ2n) is 5.07. The quantitative estimate of drug-likeness (QED) is 0.711. The van der Waals surface area contributed by atoms with Crippen molar-refractivity contribution in [3.63, 3.8) is 0 Å². The largest absolute Gasteiger partial charge is 0.480 e. The summed E-state index contributed by atoms with van der Waals surface area (Å²) in [7, 11) is 0. The molecule has 0 aliphatic carbocycles. The van der Waals surface area contributed by atoms with Gasteiger partial charge >= 0.3 is 5.97 Å². The molecule has 1 fully saturated rings. The maximum Gasteiger partial charge on any atom is 0.323 e. The summed E-state index contributed by atoms with van der Waals surface area (Å²) in [5, 5.41) is 11.9. The van der Waals surface area contributed by atoms with Crippen molar-refractivity contribution in [3.05, 3.63) is 0 Å². The monoisotopic (exact) mass is 244 g/mol. The molecular weight excluding hydrogens is 224 g/mol. The van der Waals surface area contributed by atoms with Crippen LogP contribution in [0.1, 0.15) is 20.8 Å². The van der Waals surface area contributed by atoms with Crippen LogP contribution in [-0.4, -0.2) is 59.8 Å². The lowest BCUT2D eigenvalue weighted by Crippen LogP contribution is -2.58. The fourth-order valence-corrected chi connectivity index (χ4v) is 1.69. The lowest BCUT2D eigenvalue weighted by atomic mass is 10.0. The number of carboxylic acids is 1. The van der Waals surface area contributed by atoms with Crippen molar-refractivity contribution < 1.29 is 19.4 Å². The van der Waals surface area contributed by atoms with E-state index in [-0.39, 0.29) is 12.5 Å². The van der Waals surface area contributed by atoms with Crippen LogP contribution in [0.3, 0.4) is 0 Å². The molecule has 1 heterocycles. The van der Waals surface area contributed by atoms with Gasteiger partial charge in [-0.15, -0.1) is 0 Å². The first-order valence-electron chi connectivity index (χ1n) is 5.67. The second kappa shape index (κ2) is 5.46. The van der Waals surface area contributed by atoms with Gasteiger partial charge in [0.25, 0.3) is 0 Å². The van der Waals surface area contributed by atoms with E-state index in [0.717, 1.165) is 0 Å². The van der Waals surface area contributed by atoms with Crippen LogP contribution in [-0.2, 0) is 14.3 Å². The van der Waals surface area contributed by atoms with Gasteiger partial charge in [-0.25, -0.2) is 0 Å². The van der Waals surface area contributed by atoms with Crippen molar-refractivity contribution in [2.24, 2.45) is 0 Å². The summed E-state index contributed by atoms with van der Waals surface area (Å²) in [4.78, 5) is 24.4. The highest BCUT2D eigenvalue weighted by molar-refractivity contribution is 5.86. The van der Waals surface area contributed by atoms with Crippen LogP contribution in [0.5, 0.6) is 0 Å². The molecule has 0 aromatic carbocycles. The Hall–Kier alpha value is -1.14. The summed E-state index contributed by atoms with van der Waals surface area (Å²) in [6, 6.07) is -0.442. The fraction of sp³-hybridized carbons (Fsp3) is 0.818. The summed E-state index contributed by atoms with van der Waals surface area (Å²) < 4.78 is 5.21. The third kappa shape index (κ3) is 3.98. The molecule has 0 saturated carbocycles. The van der Waals surface area contributed by atoms with Crippen molar-refractivity contribution in [2.45, 2.75) is 32.4 Å². The zero-order chi connectivity index (χ0) is 13.1. The van der Waals surface area contributed by atoms with Gasteiger partial charge in [0.2, 0.25) is 5.91 Å². The van der Waals surface area contributed by atoms with Crippen LogP contribution >= 0.6 is 0 Å². The number of nitrogens with one attached hydrogen (secondary N) is 1. The van der Waals surface area contributed by atoms with E-state index in [1.807, 2.05) is 20.8 Å². The fourth-order valence-electron chi connectivity index (χ4n) is 1.69. The molecule has 0 bridgehead atoms. The van der Waals surface area contributed by atoms with Crippen LogP contribution in [0.15, 0.2) is 0 Å². The Labute approximate surface area is 101 Å². The van der Waals surface area contributed by atoms with E-state index >= 15 is 0 Å². The average molecular weight is 244 g/mol. The van der Waals surface area contributed by atoms with Gasteiger partial charge in [-0.05, 0) is 20.8 Å². The van der Waals surface area contributed by atoms with Gasteiger partial charge in [0.05, 0.1) is 13.2 Å². The molecule has 2 N–H and O–H groups in total. The van der Waals surface area contributed by atoms with Gasteiger partial charge in [-0.1, -0.05) is 0 Å². The van der Waals surface area contributed by atoms with Crippen LogP contribution in [0.25, 0.3) is 0 Å². The topological polar surface area (TPSA) is 78.9 Å². The Morgan fingerprint density at radius 2 is 2.12 bits per heavy atom. The Morgan fingerprint density at radius 1 is 1.47 bits per heavy atom. The second-order valence-corrected chi connectivity index (χ2v) is 5.07. The lowest BCUT2D eigenvalue weighted by molar-refractivity contribution is -0.151. The Balaban J connectivity index is 2.74. The number of carbonyl (C=O) groups is 2. The van der Waals surface area contributed by atoms with Crippen molar-refractivity contribution in [1.29, 1.82) is 0 Å². The predicted molar refractivity (Wildman–Crippen MR) is 61.7 cm³/mol. The minimum absolute atomic E-state index is 0.223. The molecule has 1 atom stereocenters. The average Bonchev–Trinajstić information content (AvgIpc) is 2.24. The molecule has 0 radical (unpaired) electrons. The van der Waals surface area contributed by atoms with Gasteiger partial charge in [-0.2, -0.15) is 0 Å². The summed E-state index contributed by atoms with van der Waals surface area (Å²) in [6.07, 6.45) is 0. The minimum atomic E-state index is -1.01. The summed E-state index contributed by atoms with van der Waals surface area (Å²) in [5.41, 5.74) is -0.519. The number of rotatable bonds is 3. The van der Waals surface area contributed by atoms with Crippen LogP contribution in [0, 0.1) is 0 Å². The highest BCUT2D eigenvalue weighted by Crippen LogP contribution is 2.15. The number of carbonyl (C=O) groups excluding carboxylic acids is 1. The number of morpholine rings is 1. The van der Waals surface area contributed by atoms with E-state index in [1.54, 1.807) is 0 Å². The highest BCUT2D eigenvalue weighted by atomic mass is 16.5. The molecule has 0 aromatic rings. The lowest BCUT2D eigenvalue weighted by Gasteiger charge is -2.37.